The molecule has 0 spiro atoms. The fraction of sp³-hybridized carbons (Fsp3) is 0.429. The highest BCUT2D eigenvalue weighted by molar-refractivity contribution is 9.09. The lowest BCUT2D eigenvalue weighted by molar-refractivity contribution is -0.842. The van der Waals surface area contributed by atoms with Crippen molar-refractivity contribution in [1.82, 2.24) is 0 Å². The number of hydroxylamine groups is 1. The molecule has 0 heterocycles. The molecule has 0 aromatic heterocycles. The smallest absolute Gasteiger partial charge is 0.128 e. The Bertz CT molecular complexity index is 132. The molecule has 0 atom stereocenters. The summed E-state index contributed by atoms with van der Waals surface area (Å²) in [5, 5.41) is 0.894. The summed E-state index contributed by atoms with van der Waals surface area (Å²) in [4.78, 5) is 4.75. The Labute approximate surface area is 70.0 Å². The normalized spacial score (nSPS) is 12.9. The van der Waals surface area contributed by atoms with E-state index in [4.69, 9.17) is 4.84 Å². The van der Waals surface area contributed by atoms with E-state index in [2.05, 4.69) is 15.9 Å². The molecule has 0 radical (unpaired) electrons. The maximum Gasteiger partial charge on any atom is 0.128 e. The third-order valence-corrected chi connectivity index (χ3v) is 1.31. The van der Waals surface area contributed by atoms with Crippen LogP contribution in [-0.2, 0) is 4.84 Å². The standard InChI is InChI=1S/C7H12BrNO/c1-7(4-3-5-8)6-9-10-2/h3-4,6,9H,5H2,1-2H3/p+1/b4-3-,7-6-. The molecule has 0 amide bonds. The van der Waals surface area contributed by atoms with E-state index in [1.807, 2.05) is 25.3 Å². The Morgan fingerprint density at radius 2 is 2.40 bits per heavy atom. The number of allylic oxidation sites excluding steroid dienone is 3. The summed E-state index contributed by atoms with van der Waals surface area (Å²) in [5.74, 6) is 0. The zero-order valence-electron chi connectivity index (χ0n) is 6.30. The Hall–Kier alpha value is -0.120. The van der Waals surface area contributed by atoms with Gasteiger partial charge in [-0.1, -0.05) is 28.1 Å². The number of nitrogens with two attached hydrogens (primary N) is 1. The van der Waals surface area contributed by atoms with Gasteiger partial charge in [0.2, 0.25) is 0 Å². The van der Waals surface area contributed by atoms with Crippen molar-refractivity contribution in [2.75, 3.05) is 12.4 Å². The fourth-order valence-corrected chi connectivity index (χ4v) is 0.648. The van der Waals surface area contributed by atoms with E-state index < -0.39 is 0 Å². The molecule has 2 N–H and O–H groups in total. The fourth-order valence-electron chi connectivity index (χ4n) is 0.461. The predicted octanol–water partition coefficient (Wildman–Crippen LogP) is 0.966. The average Bonchev–Trinajstić information content (AvgIpc) is 1.97. The molecule has 58 valence electrons. The van der Waals surface area contributed by atoms with Crippen LogP contribution in [0.3, 0.4) is 0 Å². The molecule has 0 bridgehead atoms. The molecule has 0 aromatic rings. The molecular formula is C7H13BrNO+. The lowest BCUT2D eigenvalue weighted by Crippen LogP contribution is -2.76. The SMILES string of the molecule is CO[NH2+]/C=C(C)\C=C/CBr. The summed E-state index contributed by atoms with van der Waals surface area (Å²) >= 11 is 3.29. The summed E-state index contributed by atoms with van der Waals surface area (Å²) in [6, 6.07) is 0. The summed E-state index contributed by atoms with van der Waals surface area (Å²) in [7, 11) is 1.64. The van der Waals surface area contributed by atoms with E-state index in [0.29, 0.717) is 0 Å². The topological polar surface area (TPSA) is 25.8 Å². The van der Waals surface area contributed by atoms with Gasteiger partial charge in [0.15, 0.2) is 0 Å². The zero-order chi connectivity index (χ0) is 7.82. The van der Waals surface area contributed by atoms with Crippen LogP contribution in [-0.4, -0.2) is 12.4 Å². The molecule has 3 heteroatoms. The first-order valence-corrected chi connectivity index (χ1v) is 4.18. The van der Waals surface area contributed by atoms with Crippen LogP contribution in [0.5, 0.6) is 0 Å². The van der Waals surface area contributed by atoms with Crippen LogP contribution in [0.2, 0.25) is 0 Å². The predicted molar refractivity (Wildman–Crippen MR) is 45.6 cm³/mol. The minimum Gasteiger partial charge on any atom is -0.205 e. The quantitative estimate of drug-likeness (QED) is 0.414. The molecule has 2 nitrogen and oxygen atoms in total. The molecule has 0 saturated heterocycles. The van der Waals surface area contributed by atoms with Crippen molar-refractivity contribution in [2.24, 2.45) is 0 Å². The van der Waals surface area contributed by atoms with Gasteiger partial charge >= 0.3 is 0 Å². The number of hydrogen-bond acceptors (Lipinski definition) is 1. The molecule has 0 fully saturated rings. The largest absolute Gasteiger partial charge is 0.205 e. The van der Waals surface area contributed by atoms with Gasteiger partial charge in [0.25, 0.3) is 0 Å². The highest BCUT2D eigenvalue weighted by atomic mass is 79.9. The van der Waals surface area contributed by atoms with Gasteiger partial charge in [-0.05, 0) is 6.92 Å². The summed E-state index contributed by atoms with van der Waals surface area (Å²) < 4.78 is 0. The van der Waals surface area contributed by atoms with Crippen LogP contribution in [0, 0.1) is 0 Å². The summed E-state index contributed by atoms with van der Waals surface area (Å²) in [5.41, 5.74) is 2.84. The first-order chi connectivity index (χ1) is 4.81. The number of rotatable bonds is 4. The van der Waals surface area contributed by atoms with Gasteiger partial charge in [-0.2, -0.15) is 5.48 Å². The van der Waals surface area contributed by atoms with Gasteiger partial charge in [-0.3, -0.25) is 0 Å². The maximum absolute atomic E-state index is 4.75. The molecule has 0 aliphatic heterocycles. The van der Waals surface area contributed by atoms with E-state index in [1.54, 1.807) is 12.6 Å². The number of alkyl halides is 1. The van der Waals surface area contributed by atoms with Crippen molar-refractivity contribution in [3.8, 4) is 0 Å². The molecular weight excluding hydrogens is 194 g/mol. The van der Waals surface area contributed by atoms with E-state index >= 15 is 0 Å². The van der Waals surface area contributed by atoms with Crippen LogP contribution in [0.1, 0.15) is 6.92 Å². The Morgan fingerprint density at radius 1 is 1.70 bits per heavy atom. The van der Waals surface area contributed by atoms with E-state index in [9.17, 15) is 0 Å². The summed E-state index contributed by atoms with van der Waals surface area (Å²) in [6.07, 6.45) is 5.98. The van der Waals surface area contributed by atoms with Crippen LogP contribution < -0.4 is 5.48 Å². The third kappa shape index (κ3) is 6.01. The van der Waals surface area contributed by atoms with Gasteiger partial charge in [-0.15, -0.1) is 0 Å². The first-order valence-electron chi connectivity index (χ1n) is 3.06. The highest BCUT2D eigenvalue weighted by Gasteiger charge is 1.82. The van der Waals surface area contributed by atoms with Gasteiger partial charge in [-0.25, -0.2) is 4.84 Å². The van der Waals surface area contributed by atoms with Gasteiger partial charge in [0.05, 0.1) is 7.11 Å². The van der Waals surface area contributed by atoms with Crippen LogP contribution in [0.25, 0.3) is 0 Å². The Balaban J connectivity index is 3.59. The second-order valence-electron chi connectivity index (χ2n) is 1.84. The molecule has 0 unspecified atom stereocenters. The van der Waals surface area contributed by atoms with Gasteiger partial charge in [0.1, 0.15) is 6.20 Å². The van der Waals surface area contributed by atoms with Gasteiger partial charge < -0.3 is 0 Å². The molecule has 10 heavy (non-hydrogen) atoms. The lowest BCUT2D eigenvalue weighted by Gasteiger charge is -1.88. The number of halogens is 1. The van der Waals surface area contributed by atoms with Crippen molar-refractivity contribution in [3.05, 3.63) is 23.9 Å². The lowest BCUT2D eigenvalue weighted by atomic mass is 10.3. The van der Waals surface area contributed by atoms with Crippen LogP contribution >= 0.6 is 15.9 Å². The van der Waals surface area contributed by atoms with Crippen LogP contribution in [0.4, 0.5) is 0 Å². The van der Waals surface area contributed by atoms with Crippen molar-refractivity contribution >= 4 is 15.9 Å². The minimum atomic E-state index is 0.894. The zero-order valence-corrected chi connectivity index (χ0v) is 7.89. The molecule has 0 saturated carbocycles. The molecule has 0 aliphatic rings. The summed E-state index contributed by atoms with van der Waals surface area (Å²) in [6.45, 7) is 2.02. The van der Waals surface area contributed by atoms with E-state index in [-0.39, 0.29) is 0 Å². The Morgan fingerprint density at radius 3 is 2.90 bits per heavy atom. The highest BCUT2D eigenvalue weighted by Crippen LogP contribution is 1.91. The van der Waals surface area contributed by atoms with Crippen molar-refractivity contribution in [1.29, 1.82) is 0 Å². The average molecular weight is 207 g/mol. The number of quaternary nitrogens is 1. The monoisotopic (exact) mass is 206 g/mol. The van der Waals surface area contributed by atoms with E-state index in [1.165, 1.54) is 5.57 Å². The van der Waals surface area contributed by atoms with E-state index in [0.717, 1.165) is 5.33 Å². The van der Waals surface area contributed by atoms with Crippen LogP contribution in [0.15, 0.2) is 23.9 Å². The first kappa shape index (κ1) is 9.88. The maximum atomic E-state index is 4.75. The minimum absolute atomic E-state index is 0.894. The van der Waals surface area contributed by atoms with Crippen molar-refractivity contribution in [2.45, 2.75) is 6.92 Å². The van der Waals surface area contributed by atoms with Gasteiger partial charge in [0, 0.05) is 10.9 Å². The molecule has 0 rings (SSSR count). The second kappa shape index (κ2) is 6.99. The number of hydrogen-bond donors (Lipinski definition) is 1. The van der Waals surface area contributed by atoms with Crippen molar-refractivity contribution in [3.63, 3.8) is 0 Å². The molecule has 0 aromatic carbocycles. The third-order valence-electron chi connectivity index (χ3n) is 0.937. The van der Waals surface area contributed by atoms with Crippen molar-refractivity contribution < 1.29 is 10.3 Å². The Kier molecular flexibility index (Phi) is 6.91. The molecule has 0 aliphatic carbocycles. The second-order valence-corrected chi connectivity index (χ2v) is 2.49.